The van der Waals surface area contributed by atoms with Crippen LogP contribution in [-0.4, -0.2) is 22.4 Å². The monoisotopic (exact) mass is 200 g/mol. The average molecular weight is 200 g/mol. The second kappa shape index (κ2) is 2.63. The second-order valence-electron chi connectivity index (χ2n) is 4.13. The minimum atomic E-state index is 0.124. The van der Waals surface area contributed by atoms with Crippen molar-refractivity contribution in [1.82, 2.24) is 9.47 Å². The molecule has 0 radical (unpaired) electrons. The van der Waals surface area contributed by atoms with E-state index in [1.165, 1.54) is 5.56 Å². The molecule has 0 atom stereocenters. The Hall–Kier alpha value is -1.77. The van der Waals surface area contributed by atoms with Crippen LogP contribution in [0.2, 0.25) is 0 Å². The number of benzene rings is 1. The number of rotatable bonds is 0. The third-order valence-electron chi connectivity index (χ3n) is 3.08. The Morgan fingerprint density at radius 3 is 2.87 bits per heavy atom. The first-order valence-electron chi connectivity index (χ1n) is 5.01. The molecule has 76 valence electrons. The highest BCUT2D eigenvalue weighted by molar-refractivity contribution is 6.09. The lowest BCUT2D eigenvalue weighted by atomic mass is 10.0. The number of aryl methyl sites for hydroxylation is 1. The predicted molar refractivity (Wildman–Crippen MR) is 58.7 cm³/mol. The molecule has 0 saturated carbocycles. The molecule has 3 heteroatoms. The van der Waals surface area contributed by atoms with Crippen molar-refractivity contribution in [1.29, 1.82) is 0 Å². The summed E-state index contributed by atoms with van der Waals surface area (Å²) in [6.07, 6.45) is 2.11. The number of amides is 1. The molecule has 1 aromatic carbocycles. The molecule has 1 aromatic heterocycles. The maximum absolute atomic E-state index is 11.9. The van der Waals surface area contributed by atoms with Gasteiger partial charge in [-0.05, 0) is 17.7 Å². The molecule has 1 aliphatic rings. The minimum Gasteiger partial charge on any atom is -0.350 e. The Morgan fingerprint density at radius 1 is 1.27 bits per heavy atom. The number of aromatic nitrogens is 1. The van der Waals surface area contributed by atoms with Gasteiger partial charge in [0.05, 0.1) is 0 Å². The molecule has 1 aliphatic heterocycles. The van der Waals surface area contributed by atoms with Crippen LogP contribution in [0.1, 0.15) is 15.9 Å². The lowest BCUT2D eigenvalue weighted by molar-refractivity contribution is 0.0781. The van der Waals surface area contributed by atoms with Crippen LogP contribution in [0.3, 0.4) is 0 Å². The van der Waals surface area contributed by atoms with Gasteiger partial charge in [-0.2, -0.15) is 0 Å². The molecular formula is C12H12N2O. The molecule has 2 heterocycles. The lowest BCUT2D eigenvalue weighted by Crippen LogP contribution is -2.29. The van der Waals surface area contributed by atoms with Gasteiger partial charge in [-0.3, -0.25) is 4.79 Å². The number of hydrogen-bond donors (Lipinski definition) is 0. The molecule has 0 fully saturated rings. The molecule has 0 bridgehead atoms. The summed E-state index contributed by atoms with van der Waals surface area (Å²) in [5.41, 5.74) is 3.21. The summed E-state index contributed by atoms with van der Waals surface area (Å²) in [5.74, 6) is 0.124. The van der Waals surface area contributed by atoms with Gasteiger partial charge in [0, 0.05) is 43.3 Å². The Balaban J connectivity index is 2.47. The van der Waals surface area contributed by atoms with Crippen LogP contribution in [0.4, 0.5) is 0 Å². The molecule has 3 rings (SSSR count). The summed E-state index contributed by atoms with van der Waals surface area (Å²) in [6.45, 7) is 0.715. The van der Waals surface area contributed by atoms with Gasteiger partial charge in [-0.1, -0.05) is 6.07 Å². The van der Waals surface area contributed by atoms with E-state index < -0.39 is 0 Å². The first kappa shape index (κ1) is 8.53. The van der Waals surface area contributed by atoms with Crippen molar-refractivity contribution < 1.29 is 4.79 Å². The van der Waals surface area contributed by atoms with E-state index in [0.29, 0.717) is 6.54 Å². The van der Waals surface area contributed by atoms with E-state index in [2.05, 4.69) is 16.8 Å². The van der Waals surface area contributed by atoms with Crippen molar-refractivity contribution in [3.05, 3.63) is 35.5 Å². The van der Waals surface area contributed by atoms with E-state index in [1.807, 2.05) is 26.2 Å². The van der Waals surface area contributed by atoms with Crippen LogP contribution < -0.4 is 0 Å². The molecule has 0 N–H and O–H groups in total. The van der Waals surface area contributed by atoms with Gasteiger partial charge in [0.2, 0.25) is 0 Å². The maximum atomic E-state index is 11.9. The Kier molecular flexibility index (Phi) is 1.49. The quantitative estimate of drug-likeness (QED) is 0.636. The molecule has 0 spiro atoms. The predicted octanol–water partition coefficient (Wildman–Crippen LogP) is 1.76. The van der Waals surface area contributed by atoms with E-state index in [1.54, 1.807) is 4.90 Å². The standard InChI is InChI=1S/C12H12N2O/c1-13-6-8-7-14(2)12(15)9-4-3-5-10(13)11(8)9/h3-6H,7H2,1-2H3. The summed E-state index contributed by atoms with van der Waals surface area (Å²) in [6, 6.07) is 5.91. The fourth-order valence-electron chi connectivity index (χ4n) is 2.37. The van der Waals surface area contributed by atoms with Gasteiger partial charge in [-0.25, -0.2) is 0 Å². The third-order valence-corrected chi connectivity index (χ3v) is 3.08. The van der Waals surface area contributed by atoms with Crippen LogP contribution in [0, 0.1) is 0 Å². The minimum absolute atomic E-state index is 0.124. The largest absolute Gasteiger partial charge is 0.350 e. The molecule has 15 heavy (non-hydrogen) atoms. The van der Waals surface area contributed by atoms with Crippen molar-refractivity contribution >= 4 is 16.8 Å². The first-order chi connectivity index (χ1) is 7.18. The van der Waals surface area contributed by atoms with E-state index in [-0.39, 0.29) is 5.91 Å². The van der Waals surface area contributed by atoms with Crippen molar-refractivity contribution in [2.75, 3.05) is 7.05 Å². The van der Waals surface area contributed by atoms with Gasteiger partial charge >= 0.3 is 0 Å². The van der Waals surface area contributed by atoms with Crippen molar-refractivity contribution in [3.8, 4) is 0 Å². The Morgan fingerprint density at radius 2 is 2.07 bits per heavy atom. The molecule has 2 aromatic rings. The number of carbonyl (C=O) groups is 1. The van der Waals surface area contributed by atoms with Gasteiger partial charge in [0.25, 0.3) is 5.91 Å². The SMILES string of the molecule is CN1Cc2cn(C)c3cccc(c23)C1=O. The summed E-state index contributed by atoms with van der Waals surface area (Å²) >= 11 is 0. The van der Waals surface area contributed by atoms with Crippen molar-refractivity contribution in [3.63, 3.8) is 0 Å². The summed E-state index contributed by atoms with van der Waals surface area (Å²) in [5, 5.41) is 1.13. The maximum Gasteiger partial charge on any atom is 0.254 e. The molecule has 1 amide bonds. The highest BCUT2D eigenvalue weighted by Gasteiger charge is 2.24. The lowest BCUT2D eigenvalue weighted by Gasteiger charge is -2.22. The molecular weight excluding hydrogens is 188 g/mol. The van der Waals surface area contributed by atoms with Crippen LogP contribution >= 0.6 is 0 Å². The van der Waals surface area contributed by atoms with Gasteiger partial charge in [0.15, 0.2) is 0 Å². The smallest absolute Gasteiger partial charge is 0.254 e. The summed E-state index contributed by atoms with van der Waals surface area (Å²) in [4.78, 5) is 13.7. The first-order valence-corrected chi connectivity index (χ1v) is 5.01. The summed E-state index contributed by atoms with van der Waals surface area (Å²) < 4.78 is 2.08. The molecule has 3 nitrogen and oxygen atoms in total. The van der Waals surface area contributed by atoms with Gasteiger partial charge in [-0.15, -0.1) is 0 Å². The Labute approximate surface area is 87.9 Å². The highest BCUT2D eigenvalue weighted by Crippen LogP contribution is 2.30. The van der Waals surface area contributed by atoms with E-state index in [9.17, 15) is 4.79 Å². The number of hydrogen-bond acceptors (Lipinski definition) is 1. The fraction of sp³-hybridized carbons (Fsp3) is 0.250. The summed E-state index contributed by atoms with van der Waals surface area (Å²) in [7, 11) is 3.86. The number of carbonyl (C=O) groups excluding carboxylic acids is 1. The molecule has 0 saturated heterocycles. The van der Waals surface area contributed by atoms with E-state index in [0.717, 1.165) is 16.5 Å². The van der Waals surface area contributed by atoms with E-state index >= 15 is 0 Å². The Bertz CT molecular complexity index is 568. The fourth-order valence-corrected chi connectivity index (χ4v) is 2.37. The van der Waals surface area contributed by atoms with Gasteiger partial charge in [0.1, 0.15) is 0 Å². The molecule has 0 aliphatic carbocycles. The normalized spacial score (nSPS) is 15.1. The van der Waals surface area contributed by atoms with Crippen molar-refractivity contribution in [2.24, 2.45) is 7.05 Å². The zero-order valence-corrected chi connectivity index (χ0v) is 8.82. The zero-order chi connectivity index (χ0) is 10.6. The van der Waals surface area contributed by atoms with Crippen LogP contribution in [0.15, 0.2) is 24.4 Å². The third kappa shape index (κ3) is 0.975. The van der Waals surface area contributed by atoms with Crippen molar-refractivity contribution in [2.45, 2.75) is 6.54 Å². The van der Waals surface area contributed by atoms with Crippen LogP contribution in [0.25, 0.3) is 10.9 Å². The highest BCUT2D eigenvalue weighted by atomic mass is 16.2. The van der Waals surface area contributed by atoms with Crippen LogP contribution in [0.5, 0.6) is 0 Å². The van der Waals surface area contributed by atoms with E-state index in [4.69, 9.17) is 0 Å². The number of nitrogens with zero attached hydrogens (tertiary/aromatic N) is 2. The van der Waals surface area contributed by atoms with Gasteiger partial charge < -0.3 is 9.47 Å². The molecule has 0 unspecified atom stereocenters. The van der Waals surface area contributed by atoms with Crippen LogP contribution in [-0.2, 0) is 13.6 Å². The second-order valence-corrected chi connectivity index (χ2v) is 4.13. The average Bonchev–Trinajstić information content (AvgIpc) is 2.54. The topological polar surface area (TPSA) is 25.2 Å². The zero-order valence-electron chi connectivity index (χ0n) is 8.82.